The van der Waals surface area contributed by atoms with Gasteiger partial charge in [-0.05, 0) is 61.2 Å². The van der Waals surface area contributed by atoms with Gasteiger partial charge in [0.15, 0.2) is 0 Å². The van der Waals surface area contributed by atoms with Gasteiger partial charge in [0.2, 0.25) is 0 Å². The van der Waals surface area contributed by atoms with E-state index in [1.54, 1.807) is 11.1 Å². The van der Waals surface area contributed by atoms with Gasteiger partial charge in [-0.2, -0.15) is 0 Å². The van der Waals surface area contributed by atoms with E-state index in [1.807, 2.05) is 0 Å². The van der Waals surface area contributed by atoms with E-state index in [1.165, 1.54) is 25.7 Å². The molecule has 0 aromatic heterocycles. The van der Waals surface area contributed by atoms with E-state index in [4.69, 9.17) is 0 Å². The third-order valence-corrected chi connectivity index (χ3v) is 5.18. The molecule has 3 rings (SSSR count). The van der Waals surface area contributed by atoms with Crippen LogP contribution in [0.3, 0.4) is 0 Å². The van der Waals surface area contributed by atoms with Crippen molar-refractivity contribution in [2.45, 2.75) is 74.1 Å². The minimum atomic E-state index is 0.399. The van der Waals surface area contributed by atoms with E-state index in [0.29, 0.717) is 10.8 Å². The number of hydrogen-bond acceptors (Lipinski definition) is 0. The fraction of sp³-hybridized carbons (Fsp3) is 0.800. The van der Waals surface area contributed by atoms with Crippen LogP contribution >= 0.6 is 0 Å². The molecule has 0 spiro atoms. The summed E-state index contributed by atoms with van der Waals surface area (Å²) < 4.78 is 0. The summed E-state index contributed by atoms with van der Waals surface area (Å²) in [6.07, 6.45) is 10.4. The van der Waals surface area contributed by atoms with Crippen LogP contribution in [0.15, 0.2) is 23.3 Å². The van der Waals surface area contributed by atoms with Crippen LogP contribution in [0.25, 0.3) is 0 Å². The molecule has 0 heterocycles. The maximum absolute atomic E-state index is 2.60. The maximum atomic E-state index is 2.60. The zero-order valence-corrected chi connectivity index (χ0v) is 14.7. The Hall–Kier alpha value is -0.520. The van der Waals surface area contributed by atoms with Crippen molar-refractivity contribution in [2.24, 2.45) is 28.6 Å². The molecule has 0 radical (unpaired) electrons. The van der Waals surface area contributed by atoms with E-state index in [9.17, 15) is 0 Å². The van der Waals surface area contributed by atoms with Crippen molar-refractivity contribution in [3.63, 3.8) is 0 Å². The predicted octanol–water partition coefficient (Wildman–Crippen LogP) is 6.39. The average Bonchev–Trinajstić information content (AvgIpc) is 2.17. The highest BCUT2D eigenvalue weighted by molar-refractivity contribution is 5.28. The summed E-state index contributed by atoms with van der Waals surface area (Å²) in [6.45, 7) is 16.8. The van der Waals surface area contributed by atoms with Gasteiger partial charge in [0, 0.05) is 0 Å². The zero-order valence-electron chi connectivity index (χ0n) is 14.7. The molecule has 3 aliphatic carbocycles. The first kappa shape index (κ1) is 15.9. The Morgan fingerprint density at radius 1 is 1.15 bits per heavy atom. The lowest BCUT2D eigenvalue weighted by Crippen LogP contribution is -2.42. The molecule has 0 amide bonds. The highest BCUT2D eigenvalue weighted by Gasteiger charge is 2.45. The third-order valence-electron chi connectivity index (χ3n) is 5.18. The summed E-state index contributed by atoms with van der Waals surface area (Å²) in [5.74, 6) is 2.42. The van der Waals surface area contributed by atoms with E-state index in [-0.39, 0.29) is 0 Å². The molecular formula is C20H34. The fourth-order valence-electron chi connectivity index (χ4n) is 4.15. The Morgan fingerprint density at radius 2 is 1.80 bits per heavy atom. The van der Waals surface area contributed by atoms with Crippen LogP contribution in [0.2, 0.25) is 0 Å². The number of hydrogen-bond donors (Lipinski definition) is 0. The Morgan fingerprint density at radius 3 is 2.35 bits per heavy atom. The second-order valence-corrected chi connectivity index (χ2v) is 9.46. The van der Waals surface area contributed by atoms with Gasteiger partial charge in [-0.1, -0.05) is 64.8 Å². The molecule has 0 saturated heterocycles. The van der Waals surface area contributed by atoms with Gasteiger partial charge in [0.1, 0.15) is 0 Å². The smallest absolute Gasteiger partial charge is 0.0103 e. The molecular weight excluding hydrogens is 240 g/mol. The third kappa shape index (κ3) is 3.57. The molecule has 0 nitrogen and oxygen atoms in total. The number of rotatable bonds is 2. The lowest BCUT2D eigenvalue weighted by molar-refractivity contribution is 0.0689. The molecule has 3 unspecified atom stereocenters. The standard InChI is InChI=1S/C20H34/c1-14-9-8-10-15-12-16(11-14)18(15)17(20(5,6)7)13-19(2,3)4/h10-11,16-18H,8-9,12-13H2,1-7H3. The lowest BCUT2D eigenvalue weighted by Gasteiger charge is -2.51. The van der Waals surface area contributed by atoms with Crippen molar-refractivity contribution in [3.05, 3.63) is 23.3 Å². The van der Waals surface area contributed by atoms with E-state index >= 15 is 0 Å². The Bertz CT molecular complexity index is 408. The molecule has 0 aromatic rings. The van der Waals surface area contributed by atoms with E-state index < -0.39 is 0 Å². The average molecular weight is 274 g/mol. The van der Waals surface area contributed by atoms with Gasteiger partial charge in [-0.25, -0.2) is 0 Å². The molecule has 3 aliphatic rings. The Balaban J connectivity index is 2.27. The molecule has 0 heteroatoms. The Kier molecular flexibility index (Phi) is 4.24. The summed E-state index contributed by atoms with van der Waals surface area (Å²) in [4.78, 5) is 0. The van der Waals surface area contributed by atoms with E-state index in [2.05, 4.69) is 60.6 Å². The topological polar surface area (TPSA) is 0 Å². The SMILES string of the molecule is CC1=CC2CC(=CCC1)C2C(CC(C)(C)C)C(C)(C)C. The first-order valence-corrected chi connectivity index (χ1v) is 8.44. The van der Waals surface area contributed by atoms with Crippen molar-refractivity contribution < 1.29 is 0 Å². The van der Waals surface area contributed by atoms with Gasteiger partial charge in [-0.15, -0.1) is 0 Å². The molecule has 114 valence electrons. The van der Waals surface area contributed by atoms with Crippen molar-refractivity contribution in [1.29, 1.82) is 0 Å². The van der Waals surface area contributed by atoms with Gasteiger partial charge >= 0.3 is 0 Å². The first-order chi connectivity index (χ1) is 9.08. The van der Waals surface area contributed by atoms with Crippen LogP contribution in [0, 0.1) is 28.6 Å². The number of allylic oxidation sites excluding steroid dienone is 4. The molecule has 0 aliphatic heterocycles. The first-order valence-electron chi connectivity index (χ1n) is 8.44. The largest absolute Gasteiger partial charge is 0.0847 e. The number of fused-ring (bicyclic) bond motifs is 3. The summed E-state index contributed by atoms with van der Waals surface area (Å²) >= 11 is 0. The lowest BCUT2D eigenvalue weighted by atomic mass is 9.54. The van der Waals surface area contributed by atoms with Crippen molar-refractivity contribution in [1.82, 2.24) is 0 Å². The molecule has 0 aromatic carbocycles. The quantitative estimate of drug-likeness (QED) is 0.512. The van der Waals surface area contributed by atoms with Crippen LogP contribution in [-0.2, 0) is 0 Å². The second-order valence-electron chi connectivity index (χ2n) is 9.46. The molecule has 20 heavy (non-hydrogen) atoms. The minimum Gasteiger partial charge on any atom is -0.0847 e. The fourth-order valence-corrected chi connectivity index (χ4v) is 4.15. The van der Waals surface area contributed by atoms with Gasteiger partial charge < -0.3 is 0 Å². The van der Waals surface area contributed by atoms with Gasteiger partial charge in [0.05, 0.1) is 0 Å². The van der Waals surface area contributed by atoms with Crippen LogP contribution < -0.4 is 0 Å². The van der Waals surface area contributed by atoms with Crippen LogP contribution in [0.4, 0.5) is 0 Å². The summed E-state index contributed by atoms with van der Waals surface area (Å²) in [7, 11) is 0. The maximum Gasteiger partial charge on any atom is -0.0103 e. The van der Waals surface area contributed by atoms with Crippen molar-refractivity contribution >= 4 is 0 Å². The summed E-state index contributed by atoms with van der Waals surface area (Å²) in [5.41, 5.74) is 4.20. The normalized spacial score (nSPS) is 28.8. The zero-order chi connectivity index (χ0) is 15.1. The summed E-state index contributed by atoms with van der Waals surface area (Å²) in [5, 5.41) is 0. The molecule has 0 N–H and O–H groups in total. The van der Waals surface area contributed by atoms with Gasteiger partial charge in [-0.3, -0.25) is 0 Å². The van der Waals surface area contributed by atoms with E-state index in [0.717, 1.165) is 17.8 Å². The molecule has 2 bridgehead atoms. The molecule has 1 saturated carbocycles. The van der Waals surface area contributed by atoms with Gasteiger partial charge in [0.25, 0.3) is 0 Å². The molecule has 3 atom stereocenters. The highest BCUT2D eigenvalue weighted by Crippen LogP contribution is 2.54. The van der Waals surface area contributed by atoms with Crippen molar-refractivity contribution in [3.8, 4) is 0 Å². The van der Waals surface area contributed by atoms with Crippen molar-refractivity contribution in [2.75, 3.05) is 0 Å². The summed E-state index contributed by atoms with van der Waals surface area (Å²) in [6, 6.07) is 0. The predicted molar refractivity (Wildman–Crippen MR) is 89.7 cm³/mol. The van der Waals surface area contributed by atoms with Crippen LogP contribution in [0.5, 0.6) is 0 Å². The highest BCUT2D eigenvalue weighted by atomic mass is 14.5. The van der Waals surface area contributed by atoms with Crippen LogP contribution in [-0.4, -0.2) is 0 Å². The van der Waals surface area contributed by atoms with Crippen LogP contribution in [0.1, 0.15) is 74.1 Å². The second kappa shape index (κ2) is 5.35. The minimum absolute atomic E-state index is 0.399. The Labute approximate surface area is 126 Å². The molecule has 1 fully saturated rings. The monoisotopic (exact) mass is 274 g/mol.